The summed E-state index contributed by atoms with van der Waals surface area (Å²) in [5, 5.41) is 0. The smallest absolute Gasteiger partial charge is 0.255 e. The standard InChI is InChI=1S/C18H18N4O/c1-21-16-7-3-2-6-15(16)20-17(21)14-8-10-22(12-14)18(23)13-5-4-9-19-11-13/h2-7,9,11,14H,8,10,12H2,1H3/t14-/m0/s1. The van der Waals surface area contributed by atoms with Crippen LogP contribution >= 0.6 is 0 Å². The largest absolute Gasteiger partial charge is 0.338 e. The zero-order chi connectivity index (χ0) is 15.8. The van der Waals surface area contributed by atoms with Crippen molar-refractivity contribution in [1.82, 2.24) is 19.4 Å². The molecule has 1 amide bonds. The van der Waals surface area contributed by atoms with Crippen LogP contribution in [0.1, 0.15) is 28.5 Å². The van der Waals surface area contributed by atoms with Gasteiger partial charge in [0.05, 0.1) is 16.6 Å². The van der Waals surface area contributed by atoms with Crippen molar-refractivity contribution in [3.63, 3.8) is 0 Å². The highest BCUT2D eigenvalue weighted by atomic mass is 16.2. The summed E-state index contributed by atoms with van der Waals surface area (Å²) >= 11 is 0. The number of nitrogens with zero attached hydrogens (tertiary/aromatic N) is 4. The summed E-state index contributed by atoms with van der Waals surface area (Å²) in [4.78, 5) is 23.3. The van der Waals surface area contributed by atoms with Crippen LogP contribution in [-0.2, 0) is 7.05 Å². The average molecular weight is 306 g/mol. The second-order valence-corrected chi connectivity index (χ2v) is 6.00. The van der Waals surface area contributed by atoms with Crippen LogP contribution in [0.25, 0.3) is 11.0 Å². The first-order valence-electron chi connectivity index (χ1n) is 7.84. The minimum absolute atomic E-state index is 0.0550. The third kappa shape index (κ3) is 2.38. The first kappa shape index (κ1) is 13.9. The molecule has 0 N–H and O–H groups in total. The molecule has 0 spiro atoms. The number of aromatic nitrogens is 3. The average Bonchev–Trinajstić information content (AvgIpc) is 3.20. The number of hydrogen-bond acceptors (Lipinski definition) is 3. The second-order valence-electron chi connectivity index (χ2n) is 6.00. The van der Waals surface area contributed by atoms with Crippen molar-refractivity contribution in [2.75, 3.05) is 13.1 Å². The Hall–Kier alpha value is -2.69. The Bertz CT molecular complexity index is 856. The number of hydrogen-bond donors (Lipinski definition) is 0. The van der Waals surface area contributed by atoms with Crippen molar-refractivity contribution in [1.29, 1.82) is 0 Å². The van der Waals surface area contributed by atoms with Crippen molar-refractivity contribution in [2.45, 2.75) is 12.3 Å². The van der Waals surface area contributed by atoms with E-state index in [1.165, 1.54) is 0 Å². The summed E-state index contributed by atoms with van der Waals surface area (Å²) in [5.74, 6) is 1.40. The molecule has 1 fully saturated rings. The highest BCUT2D eigenvalue weighted by Gasteiger charge is 2.30. The van der Waals surface area contributed by atoms with Gasteiger partial charge in [0.1, 0.15) is 5.82 Å². The molecular weight excluding hydrogens is 288 g/mol. The maximum Gasteiger partial charge on any atom is 0.255 e. The predicted octanol–water partition coefficient (Wildman–Crippen LogP) is 2.60. The monoisotopic (exact) mass is 306 g/mol. The molecular formula is C18H18N4O. The van der Waals surface area contributed by atoms with Crippen LogP contribution in [0.5, 0.6) is 0 Å². The molecule has 23 heavy (non-hydrogen) atoms. The fourth-order valence-corrected chi connectivity index (χ4v) is 3.36. The number of imidazole rings is 1. The highest BCUT2D eigenvalue weighted by molar-refractivity contribution is 5.94. The molecule has 0 radical (unpaired) electrons. The summed E-state index contributed by atoms with van der Waals surface area (Å²) in [5.41, 5.74) is 2.81. The van der Waals surface area contributed by atoms with Crippen LogP contribution in [0.3, 0.4) is 0 Å². The number of rotatable bonds is 2. The van der Waals surface area contributed by atoms with E-state index in [1.54, 1.807) is 18.5 Å². The summed E-state index contributed by atoms with van der Waals surface area (Å²) < 4.78 is 2.15. The SMILES string of the molecule is Cn1c([C@H]2CCN(C(=O)c3cccnc3)C2)nc2ccccc21. The second kappa shape index (κ2) is 5.50. The maximum atomic E-state index is 12.5. The summed E-state index contributed by atoms with van der Waals surface area (Å²) in [7, 11) is 2.05. The first-order valence-corrected chi connectivity index (χ1v) is 7.84. The van der Waals surface area contributed by atoms with Crippen molar-refractivity contribution < 1.29 is 4.79 Å². The Kier molecular flexibility index (Phi) is 3.33. The Labute approximate surface area is 134 Å². The molecule has 1 saturated heterocycles. The number of carbonyl (C=O) groups is 1. The molecule has 0 saturated carbocycles. The summed E-state index contributed by atoms with van der Waals surface area (Å²) in [6.07, 6.45) is 4.26. The Morgan fingerprint density at radius 2 is 2.09 bits per heavy atom. The van der Waals surface area contributed by atoms with Crippen LogP contribution in [-0.4, -0.2) is 38.4 Å². The van der Waals surface area contributed by atoms with Crippen LogP contribution in [0.4, 0.5) is 0 Å². The molecule has 4 rings (SSSR count). The van der Waals surface area contributed by atoms with Gasteiger partial charge in [0.2, 0.25) is 0 Å². The fourth-order valence-electron chi connectivity index (χ4n) is 3.36. The third-order valence-electron chi connectivity index (χ3n) is 4.57. The van der Waals surface area contributed by atoms with Gasteiger partial charge < -0.3 is 9.47 Å². The lowest BCUT2D eigenvalue weighted by atomic mass is 10.1. The molecule has 1 aromatic carbocycles. The van der Waals surface area contributed by atoms with Crippen LogP contribution in [0, 0.1) is 0 Å². The van der Waals surface area contributed by atoms with Gasteiger partial charge in [-0.1, -0.05) is 12.1 Å². The van der Waals surface area contributed by atoms with Gasteiger partial charge in [-0.25, -0.2) is 4.98 Å². The van der Waals surface area contributed by atoms with Crippen LogP contribution in [0.2, 0.25) is 0 Å². The zero-order valence-corrected chi connectivity index (χ0v) is 13.0. The van der Waals surface area contributed by atoms with Crippen molar-refractivity contribution in [3.05, 3.63) is 60.2 Å². The number of fused-ring (bicyclic) bond motifs is 1. The fraction of sp³-hybridized carbons (Fsp3) is 0.278. The van der Waals surface area contributed by atoms with E-state index in [0.29, 0.717) is 12.1 Å². The number of carbonyl (C=O) groups excluding carboxylic acids is 1. The molecule has 5 heteroatoms. The van der Waals surface area contributed by atoms with E-state index in [4.69, 9.17) is 4.98 Å². The topological polar surface area (TPSA) is 51.0 Å². The molecule has 2 aromatic heterocycles. The minimum atomic E-state index is 0.0550. The van der Waals surface area contributed by atoms with E-state index in [0.717, 1.165) is 29.8 Å². The predicted molar refractivity (Wildman–Crippen MR) is 88.2 cm³/mol. The van der Waals surface area contributed by atoms with Crippen molar-refractivity contribution >= 4 is 16.9 Å². The van der Waals surface area contributed by atoms with Crippen molar-refractivity contribution in [3.8, 4) is 0 Å². The number of benzene rings is 1. The maximum absolute atomic E-state index is 12.5. The normalized spacial score (nSPS) is 17.8. The van der Waals surface area contributed by atoms with Crippen LogP contribution < -0.4 is 0 Å². The zero-order valence-electron chi connectivity index (χ0n) is 13.0. The Morgan fingerprint density at radius 1 is 1.22 bits per heavy atom. The lowest BCUT2D eigenvalue weighted by Gasteiger charge is -2.16. The van der Waals surface area contributed by atoms with Gasteiger partial charge in [-0.15, -0.1) is 0 Å². The first-order chi connectivity index (χ1) is 11.2. The highest BCUT2D eigenvalue weighted by Crippen LogP contribution is 2.29. The van der Waals surface area contributed by atoms with Gasteiger partial charge in [-0.3, -0.25) is 9.78 Å². The lowest BCUT2D eigenvalue weighted by Crippen LogP contribution is -2.28. The molecule has 1 atom stereocenters. The molecule has 1 aliphatic heterocycles. The number of para-hydroxylation sites is 2. The molecule has 0 aliphatic carbocycles. The Balaban J connectivity index is 1.58. The van der Waals surface area contributed by atoms with Gasteiger partial charge in [0.15, 0.2) is 0 Å². The summed E-state index contributed by atoms with van der Waals surface area (Å²) in [6.45, 7) is 1.48. The minimum Gasteiger partial charge on any atom is -0.338 e. The molecule has 1 aliphatic rings. The molecule has 116 valence electrons. The lowest BCUT2D eigenvalue weighted by molar-refractivity contribution is 0.0790. The van der Waals surface area contributed by atoms with Gasteiger partial charge in [-0.2, -0.15) is 0 Å². The summed E-state index contributed by atoms with van der Waals surface area (Å²) in [6, 6.07) is 11.8. The molecule has 0 unspecified atom stereocenters. The van der Waals surface area contributed by atoms with Crippen LogP contribution in [0.15, 0.2) is 48.8 Å². The Morgan fingerprint density at radius 3 is 2.87 bits per heavy atom. The molecule has 3 heterocycles. The third-order valence-corrected chi connectivity index (χ3v) is 4.57. The van der Waals surface area contributed by atoms with E-state index in [1.807, 2.05) is 29.2 Å². The molecule has 3 aromatic rings. The molecule has 5 nitrogen and oxygen atoms in total. The number of pyridine rings is 1. The number of aryl methyl sites for hydroxylation is 1. The number of likely N-dealkylation sites (tertiary alicyclic amines) is 1. The van der Waals surface area contributed by atoms with Gasteiger partial charge in [0.25, 0.3) is 5.91 Å². The van der Waals surface area contributed by atoms with E-state index in [-0.39, 0.29) is 11.8 Å². The quantitative estimate of drug-likeness (QED) is 0.731. The van der Waals surface area contributed by atoms with E-state index >= 15 is 0 Å². The number of amides is 1. The van der Waals surface area contributed by atoms with Gasteiger partial charge >= 0.3 is 0 Å². The van der Waals surface area contributed by atoms with Gasteiger partial charge in [-0.05, 0) is 30.7 Å². The van der Waals surface area contributed by atoms with E-state index in [2.05, 4.69) is 22.7 Å². The van der Waals surface area contributed by atoms with E-state index < -0.39 is 0 Å². The van der Waals surface area contributed by atoms with Crippen molar-refractivity contribution in [2.24, 2.45) is 7.05 Å². The van der Waals surface area contributed by atoms with Gasteiger partial charge in [0, 0.05) is 38.4 Å². The van der Waals surface area contributed by atoms with E-state index in [9.17, 15) is 4.79 Å². The molecule has 0 bridgehead atoms.